The molecule has 0 heterocycles. The average Bonchev–Trinajstić information content (AvgIpc) is 2.83. The van der Waals surface area contributed by atoms with Crippen LogP contribution in [-0.4, -0.2) is 36.6 Å². The summed E-state index contributed by atoms with van der Waals surface area (Å²) in [4.78, 5) is 36.3. The first kappa shape index (κ1) is 24.0. The third kappa shape index (κ3) is 8.08. The number of amides is 3. The summed E-state index contributed by atoms with van der Waals surface area (Å²) >= 11 is 1.53. The second-order valence-electron chi connectivity index (χ2n) is 7.12. The van der Waals surface area contributed by atoms with E-state index in [4.69, 9.17) is 0 Å². The SMILES string of the molecule is O=C(CSCc1ccccc1)NCCNC(=O)c1ccc(NC(=O)c2ccc(F)cc2)cc1. The first-order chi connectivity index (χ1) is 16.0. The fourth-order valence-corrected chi connectivity index (χ4v) is 3.69. The van der Waals surface area contributed by atoms with Gasteiger partial charge in [-0.15, -0.1) is 11.8 Å². The van der Waals surface area contributed by atoms with Gasteiger partial charge in [0.1, 0.15) is 5.82 Å². The summed E-state index contributed by atoms with van der Waals surface area (Å²) < 4.78 is 13.0. The van der Waals surface area contributed by atoms with Gasteiger partial charge < -0.3 is 16.0 Å². The topological polar surface area (TPSA) is 87.3 Å². The highest BCUT2D eigenvalue weighted by Crippen LogP contribution is 2.13. The normalized spacial score (nSPS) is 10.3. The van der Waals surface area contributed by atoms with Crippen LogP contribution in [0.15, 0.2) is 78.9 Å². The van der Waals surface area contributed by atoms with E-state index in [1.807, 2.05) is 30.3 Å². The van der Waals surface area contributed by atoms with E-state index < -0.39 is 5.82 Å². The van der Waals surface area contributed by atoms with Crippen molar-refractivity contribution in [3.05, 3.63) is 101 Å². The number of carbonyl (C=O) groups excluding carboxylic acids is 3. The zero-order valence-corrected chi connectivity index (χ0v) is 18.7. The summed E-state index contributed by atoms with van der Waals surface area (Å²) in [5, 5.41) is 8.22. The maximum atomic E-state index is 13.0. The van der Waals surface area contributed by atoms with E-state index in [0.29, 0.717) is 35.7 Å². The molecule has 0 aromatic heterocycles. The molecule has 3 aromatic carbocycles. The summed E-state index contributed by atoms with van der Waals surface area (Å²) in [5.41, 5.74) is 2.45. The molecule has 0 spiro atoms. The molecule has 0 atom stereocenters. The van der Waals surface area contributed by atoms with Gasteiger partial charge in [-0.3, -0.25) is 14.4 Å². The molecule has 0 saturated carbocycles. The largest absolute Gasteiger partial charge is 0.354 e. The first-order valence-corrected chi connectivity index (χ1v) is 11.5. The number of rotatable bonds is 10. The van der Waals surface area contributed by atoms with Crippen molar-refractivity contribution >= 4 is 35.2 Å². The number of nitrogens with one attached hydrogen (secondary N) is 3. The Morgan fingerprint density at radius 1 is 0.727 bits per heavy atom. The quantitative estimate of drug-likeness (QED) is 0.397. The number of carbonyl (C=O) groups is 3. The monoisotopic (exact) mass is 465 g/mol. The lowest BCUT2D eigenvalue weighted by molar-refractivity contribution is -0.118. The standard InChI is InChI=1S/C25H24FN3O3S/c26-21-10-6-20(7-11-21)25(32)29-22-12-8-19(9-13-22)24(31)28-15-14-27-23(30)17-33-16-18-4-2-1-3-5-18/h1-13H,14-17H2,(H,27,30)(H,28,31)(H,29,32). The summed E-state index contributed by atoms with van der Waals surface area (Å²) in [5.74, 6) is -0.0157. The summed E-state index contributed by atoms with van der Waals surface area (Å²) in [6, 6.07) is 21.6. The number of hydrogen-bond donors (Lipinski definition) is 3. The predicted molar refractivity (Wildman–Crippen MR) is 129 cm³/mol. The molecule has 3 aromatic rings. The molecule has 0 saturated heterocycles. The highest BCUT2D eigenvalue weighted by atomic mass is 32.2. The van der Waals surface area contributed by atoms with Crippen LogP contribution in [0.2, 0.25) is 0 Å². The summed E-state index contributed by atoms with van der Waals surface area (Å²) in [6.07, 6.45) is 0. The zero-order chi connectivity index (χ0) is 23.5. The molecule has 3 N–H and O–H groups in total. The molecule has 0 bridgehead atoms. The van der Waals surface area contributed by atoms with E-state index in [0.717, 1.165) is 5.75 Å². The van der Waals surface area contributed by atoms with Crippen LogP contribution in [0.4, 0.5) is 10.1 Å². The highest BCUT2D eigenvalue weighted by Gasteiger charge is 2.09. The first-order valence-electron chi connectivity index (χ1n) is 10.3. The van der Waals surface area contributed by atoms with E-state index >= 15 is 0 Å². The van der Waals surface area contributed by atoms with E-state index in [-0.39, 0.29) is 17.7 Å². The zero-order valence-electron chi connectivity index (χ0n) is 17.8. The fraction of sp³-hybridized carbons (Fsp3) is 0.160. The molecule has 8 heteroatoms. The number of halogens is 1. The van der Waals surface area contributed by atoms with Crippen LogP contribution >= 0.6 is 11.8 Å². The molecule has 0 aliphatic heterocycles. The Balaban J connectivity index is 1.34. The summed E-state index contributed by atoms with van der Waals surface area (Å²) in [7, 11) is 0. The van der Waals surface area contributed by atoms with Crippen molar-refractivity contribution < 1.29 is 18.8 Å². The molecule has 0 fully saturated rings. The Kier molecular flexibility index (Phi) is 9.02. The van der Waals surface area contributed by atoms with Crippen LogP contribution < -0.4 is 16.0 Å². The van der Waals surface area contributed by atoms with Gasteiger partial charge in [-0.25, -0.2) is 4.39 Å². The van der Waals surface area contributed by atoms with Gasteiger partial charge in [-0.1, -0.05) is 30.3 Å². The third-order valence-corrected chi connectivity index (χ3v) is 5.59. The Bertz CT molecular complexity index is 1070. The summed E-state index contributed by atoms with van der Waals surface area (Å²) in [6.45, 7) is 0.638. The molecule has 33 heavy (non-hydrogen) atoms. The van der Waals surface area contributed by atoms with Crippen molar-refractivity contribution in [2.24, 2.45) is 0 Å². The second kappa shape index (κ2) is 12.4. The van der Waals surface area contributed by atoms with Gasteiger partial charge in [0, 0.05) is 35.7 Å². The van der Waals surface area contributed by atoms with Gasteiger partial charge in [-0.05, 0) is 54.1 Å². The van der Waals surface area contributed by atoms with E-state index in [2.05, 4.69) is 16.0 Å². The molecule has 0 unspecified atom stereocenters. The molecule has 170 valence electrons. The minimum absolute atomic E-state index is 0.0774. The highest BCUT2D eigenvalue weighted by molar-refractivity contribution is 7.99. The molecule has 0 aliphatic rings. The molecule has 6 nitrogen and oxygen atoms in total. The van der Waals surface area contributed by atoms with E-state index in [9.17, 15) is 18.8 Å². The average molecular weight is 466 g/mol. The molecular formula is C25H24FN3O3S. The molecule has 0 aliphatic carbocycles. The van der Waals surface area contributed by atoms with E-state index in [1.165, 1.54) is 41.6 Å². The number of hydrogen-bond acceptors (Lipinski definition) is 4. The van der Waals surface area contributed by atoms with Crippen LogP contribution in [-0.2, 0) is 10.5 Å². The maximum Gasteiger partial charge on any atom is 0.255 e. The van der Waals surface area contributed by atoms with Crippen molar-refractivity contribution in [1.29, 1.82) is 0 Å². The van der Waals surface area contributed by atoms with Crippen molar-refractivity contribution in [2.75, 3.05) is 24.2 Å². The number of anilines is 1. The Labute approximate surface area is 196 Å². The van der Waals surface area contributed by atoms with Gasteiger partial charge >= 0.3 is 0 Å². The maximum absolute atomic E-state index is 13.0. The van der Waals surface area contributed by atoms with Gasteiger partial charge in [0.25, 0.3) is 11.8 Å². The second-order valence-corrected chi connectivity index (χ2v) is 8.11. The smallest absolute Gasteiger partial charge is 0.255 e. The van der Waals surface area contributed by atoms with Crippen molar-refractivity contribution in [3.63, 3.8) is 0 Å². The lowest BCUT2D eigenvalue weighted by atomic mass is 10.1. The molecule has 3 rings (SSSR count). The Hall–Kier alpha value is -3.65. The van der Waals surface area contributed by atoms with Crippen LogP contribution in [0.1, 0.15) is 26.3 Å². The molecular weight excluding hydrogens is 441 g/mol. The minimum atomic E-state index is -0.413. The minimum Gasteiger partial charge on any atom is -0.354 e. The lowest BCUT2D eigenvalue weighted by Gasteiger charge is -2.09. The van der Waals surface area contributed by atoms with Crippen molar-refractivity contribution in [2.45, 2.75) is 5.75 Å². The van der Waals surface area contributed by atoms with Gasteiger partial charge in [0.2, 0.25) is 5.91 Å². The van der Waals surface area contributed by atoms with Crippen LogP contribution in [0, 0.1) is 5.82 Å². The van der Waals surface area contributed by atoms with Crippen LogP contribution in [0.5, 0.6) is 0 Å². The number of thioether (sulfide) groups is 1. The van der Waals surface area contributed by atoms with Gasteiger partial charge in [0.15, 0.2) is 0 Å². The van der Waals surface area contributed by atoms with Gasteiger partial charge in [0.05, 0.1) is 5.75 Å². The Morgan fingerprint density at radius 3 is 2.03 bits per heavy atom. The van der Waals surface area contributed by atoms with Crippen molar-refractivity contribution in [1.82, 2.24) is 10.6 Å². The van der Waals surface area contributed by atoms with Gasteiger partial charge in [-0.2, -0.15) is 0 Å². The Morgan fingerprint density at radius 2 is 1.33 bits per heavy atom. The lowest BCUT2D eigenvalue weighted by Crippen LogP contribution is -2.35. The van der Waals surface area contributed by atoms with Crippen molar-refractivity contribution in [3.8, 4) is 0 Å². The van der Waals surface area contributed by atoms with E-state index in [1.54, 1.807) is 24.3 Å². The third-order valence-electron chi connectivity index (χ3n) is 4.59. The van der Waals surface area contributed by atoms with Crippen LogP contribution in [0.3, 0.4) is 0 Å². The fourth-order valence-electron chi connectivity index (χ4n) is 2.88. The predicted octanol–water partition coefficient (Wildman–Crippen LogP) is 3.86. The van der Waals surface area contributed by atoms with Crippen LogP contribution in [0.25, 0.3) is 0 Å². The molecule has 3 amide bonds. The number of benzene rings is 3. The molecule has 0 radical (unpaired) electrons.